The van der Waals surface area contributed by atoms with E-state index in [1.165, 1.54) is 12.1 Å². The second kappa shape index (κ2) is 3.62. The van der Waals surface area contributed by atoms with Gasteiger partial charge in [0, 0.05) is 13.2 Å². The molecule has 1 saturated heterocycles. The molecule has 1 aliphatic heterocycles. The fraction of sp³-hybridized carbons (Fsp3) is 0.200. The fourth-order valence-electron chi connectivity index (χ4n) is 3.26. The molecule has 0 aromatic heterocycles. The molecule has 2 nitrogen and oxygen atoms in total. The summed E-state index contributed by atoms with van der Waals surface area (Å²) in [5, 5.41) is 6.57. The van der Waals surface area contributed by atoms with Gasteiger partial charge in [0.2, 0.25) is 0 Å². The molecular formula is C15H12F2N2. The number of benzene rings is 2. The first kappa shape index (κ1) is 11.1. The van der Waals surface area contributed by atoms with Crippen LogP contribution < -0.4 is 10.6 Å². The zero-order valence-corrected chi connectivity index (χ0v) is 10.1. The van der Waals surface area contributed by atoms with Crippen molar-refractivity contribution >= 4 is 0 Å². The third-order valence-electron chi connectivity index (χ3n) is 4.08. The highest BCUT2D eigenvalue weighted by molar-refractivity contribution is 5.81. The van der Waals surface area contributed by atoms with Gasteiger partial charge in [-0.1, -0.05) is 12.1 Å². The Morgan fingerprint density at radius 2 is 1.47 bits per heavy atom. The van der Waals surface area contributed by atoms with Gasteiger partial charge in [-0.25, -0.2) is 8.78 Å². The largest absolute Gasteiger partial charge is 0.302 e. The van der Waals surface area contributed by atoms with Crippen molar-refractivity contribution in [3.8, 4) is 11.1 Å². The Hall–Kier alpha value is -1.78. The van der Waals surface area contributed by atoms with Gasteiger partial charge in [0.05, 0.1) is 5.54 Å². The SMILES string of the molecule is Fc1ccc2c(c1)C1(CNCN1)c1cc(F)ccc1-2. The van der Waals surface area contributed by atoms with Gasteiger partial charge in [0.25, 0.3) is 0 Å². The van der Waals surface area contributed by atoms with E-state index in [0.29, 0.717) is 13.2 Å². The molecule has 19 heavy (non-hydrogen) atoms. The van der Waals surface area contributed by atoms with Gasteiger partial charge in [-0.15, -0.1) is 0 Å². The van der Waals surface area contributed by atoms with E-state index in [9.17, 15) is 8.78 Å². The molecule has 0 unspecified atom stereocenters. The van der Waals surface area contributed by atoms with Crippen LogP contribution >= 0.6 is 0 Å². The lowest BCUT2D eigenvalue weighted by molar-refractivity contribution is 0.506. The Balaban J connectivity index is 2.07. The van der Waals surface area contributed by atoms with E-state index in [-0.39, 0.29) is 11.6 Å². The molecule has 0 bridgehead atoms. The quantitative estimate of drug-likeness (QED) is 0.758. The predicted octanol–water partition coefficient (Wildman–Crippen LogP) is 2.34. The minimum Gasteiger partial charge on any atom is -0.302 e. The highest BCUT2D eigenvalue weighted by atomic mass is 19.1. The monoisotopic (exact) mass is 258 g/mol. The lowest BCUT2D eigenvalue weighted by Crippen LogP contribution is -2.38. The fourth-order valence-corrected chi connectivity index (χ4v) is 3.26. The first-order valence-corrected chi connectivity index (χ1v) is 6.27. The van der Waals surface area contributed by atoms with E-state index in [0.717, 1.165) is 22.3 Å². The summed E-state index contributed by atoms with van der Waals surface area (Å²) >= 11 is 0. The molecule has 1 aliphatic carbocycles. The zero-order chi connectivity index (χ0) is 13.0. The Morgan fingerprint density at radius 1 is 0.895 bits per heavy atom. The molecule has 0 amide bonds. The zero-order valence-electron chi connectivity index (χ0n) is 10.1. The van der Waals surface area contributed by atoms with Gasteiger partial charge >= 0.3 is 0 Å². The number of hydrogen-bond acceptors (Lipinski definition) is 2. The number of halogens is 2. The number of fused-ring (bicyclic) bond motifs is 5. The standard InChI is InChI=1S/C15H12F2N2/c16-9-1-3-11-12-4-2-10(17)6-14(12)15(13(11)5-9)7-18-8-19-15/h1-6,18-19H,7-8H2. The van der Waals surface area contributed by atoms with E-state index in [2.05, 4.69) is 10.6 Å². The van der Waals surface area contributed by atoms with Gasteiger partial charge in [0.1, 0.15) is 11.6 Å². The minimum atomic E-state index is -0.505. The Kier molecular flexibility index (Phi) is 2.11. The molecule has 1 fully saturated rings. The predicted molar refractivity (Wildman–Crippen MR) is 68.6 cm³/mol. The van der Waals surface area contributed by atoms with Crippen molar-refractivity contribution in [2.24, 2.45) is 0 Å². The van der Waals surface area contributed by atoms with Crippen LogP contribution in [0.15, 0.2) is 36.4 Å². The second-order valence-corrected chi connectivity index (χ2v) is 5.07. The summed E-state index contributed by atoms with van der Waals surface area (Å²) in [7, 11) is 0. The smallest absolute Gasteiger partial charge is 0.123 e. The van der Waals surface area contributed by atoms with Crippen LogP contribution in [0.4, 0.5) is 8.78 Å². The maximum atomic E-state index is 13.6. The van der Waals surface area contributed by atoms with Crippen LogP contribution in [0.5, 0.6) is 0 Å². The van der Waals surface area contributed by atoms with Crippen molar-refractivity contribution < 1.29 is 8.78 Å². The molecule has 0 atom stereocenters. The summed E-state index contributed by atoms with van der Waals surface area (Å²) in [5.41, 5.74) is 3.23. The summed E-state index contributed by atoms with van der Waals surface area (Å²) in [6.07, 6.45) is 0. The van der Waals surface area contributed by atoms with E-state index in [1.54, 1.807) is 24.3 Å². The first-order valence-electron chi connectivity index (χ1n) is 6.27. The van der Waals surface area contributed by atoms with Crippen LogP contribution in [0.25, 0.3) is 11.1 Å². The van der Waals surface area contributed by atoms with Crippen molar-refractivity contribution in [2.75, 3.05) is 13.2 Å². The highest BCUT2D eigenvalue weighted by Gasteiger charge is 2.45. The van der Waals surface area contributed by atoms with E-state index in [4.69, 9.17) is 0 Å². The third-order valence-corrected chi connectivity index (χ3v) is 4.08. The Bertz CT molecular complexity index is 622. The molecule has 2 aromatic carbocycles. The number of nitrogens with one attached hydrogen (secondary N) is 2. The molecule has 2 aliphatic rings. The van der Waals surface area contributed by atoms with Crippen LogP contribution in [0.1, 0.15) is 11.1 Å². The van der Waals surface area contributed by atoms with Crippen molar-refractivity contribution in [2.45, 2.75) is 5.54 Å². The molecule has 4 heteroatoms. The maximum absolute atomic E-state index is 13.6. The second-order valence-electron chi connectivity index (χ2n) is 5.07. The summed E-state index contributed by atoms with van der Waals surface area (Å²) in [5.74, 6) is -0.528. The molecule has 1 heterocycles. The number of hydrogen-bond donors (Lipinski definition) is 2. The summed E-state index contributed by atoms with van der Waals surface area (Å²) in [4.78, 5) is 0. The highest BCUT2D eigenvalue weighted by Crippen LogP contribution is 2.48. The Labute approximate surface area is 109 Å². The molecule has 0 saturated carbocycles. The maximum Gasteiger partial charge on any atom is 0.123 e. The Morgan fingerprint density at radius 3 is 1.95 bits per heavy atom. The minimum absolute atomic E-state index is 0.264. The van der Waals surface area contributed by atoms with E-state index < -0.39 is 5.54 Å². The van der Waals surface area contributed by atoms with Gasteiger partial charge in [-0.3, -0.25) is 5.32 Å². The van der Waals surface area contributed by atoms with Crippen LogP contribution in [0.2, 0.25) is 0 Å². The van der Waals surface area contributed by atoms with Crippen molar-refractivity contribution in [1.29, 1.82) is 0 Å². The molecule has 96 valence electrons. The normalized spacial score (nSPS) is 18.6. The average molecular weight is 258 g/mol. The van der Waals surface area contributed by atoms with Gasteiger partial charge < -0.3 is 5.32 Å². The third kappa shape index (κ3) is 1.35. The van der Waals surface area contributed by atoms with Crippen molar-refractivity contribution in [3.05, 3.63) is 59.2 Å². The van der Waals surface area contributed by atoms with Crippen LogP contribution in [0, 0.1) is 11.6 Å². The van der Waals surface area contributed by atoms with Crippen LogP contribution in [0.3, 0.4) is 0 Å². The van der Waals surface area contributed by atoms with Crippen LogP contribution in [-0.2, 0) is 5.54 Å². The summed E-state index contributed by atoms with van der Waals surface area (Å²) in [6, 6.07) is 9.55. The van der Waals surface area contributed by atoms with Crippen molar-refractivity contribution in [3.63, 3.8) is 0 Å². The molecule has 0 radical (unpaired) electrons. The van der Waals surface area contributed by atoms with Gasteiger partial charge in [-0.2, -0.15) is 0 Å². The van der Waals surface area contributed by atoms with Crippen LogP contribution in [-0.4, -0.2) is 13.2 Å². The average Bonchev–Trinajstić information content (AvgIpc) is 2.97. The molecule has 2 N–H and O–H groups in total. The van der Waals surface area contributed by atoms with E-state index >= 15 is 0 Å². The number of rotatable bonds is 0. The lowest BCUT2D eigenvalue weighted by Gasteiger charge is -2.26. The molecule has 4 rings (SSSR count). The topological polar surface area (TPSA) is 24.1 Å². The molecule has 2 aromatic rings. The first-order chi connectivity index (χ1) is 9.21. The molecular weight excluding hydrogens is 246 g/mol. The van der Waals surface area contributed by atoms with Gasteiger partial charge in [-0.05, 0) is 46.5 Å². The van der Waals surface area contributed by atoms with E-state index in [1.807, 2.05) is 0 Å². The van der Waals surface area contributed by atoms with Crippen molar-refractivity contribution in [1.82, 2.24) is 10.6 Å². The summed E-state index contributed by atoms with van der Waals surface area (Å²) in [6.45, 7) is 1.27. The summed E-state index contributed by atoms with van der Waals surface area (Å²) < 4.78 is 27.2. The lowest BCUT2D eigenvalue weighted by atomic mass is 9.88. The molecule has 1 spiro atoms. The van der Waals surface area contributed by atoms with Gasteiger partial charge in [0.15, 0.2) is 0 Å².